The number of aromatic nitrogens is 2. The molecule has 3 aromatic rings. The maximum atomic E-state index is 12.4. The first-order chi connectivity index (χ1) is 13.2. The molecule has 1 unspecified atom stereocenters. The number of H-pyrrole nitrogens is 1. The van der Waals surface area contributed by atoms with Crippen LogP contribution in [0, 0.1) is 0 Å². The summed E-state index contributed by atoms with van der Waals surface area (Å²) in [7, 11) is 0. The number of fused-ring (bicyclic) bond motifs is 1. The van der Waals surface area contributed by atoms with Crippen LogP contribution in [0.5, 0.6) is 11.5 Å². The first kappa shape index (κ1) is 20.0. The smallest absolute Gasteiger partial charge is 0.494 e. The van der Waals surface area contributed by atoms with E-state index in [9.17, 15) is 13.2 Å². The van der Waals surface area contributed by atoms with Crippen molar-refractivity contribution < 1.29 is 27.4 Å². The zero-order valence-corrected chi connectivity index (χ0v) is 15.7. The van der Waals surface area contributed by atoms with Gasteiger partial charge in [0.2, 0.25) is 0 Å². The molecule has 1 atom stereocenters. The standard InChI is InChI=1S/C20H21F3N2O3/c1-4-26-15-9-10-16-17(11-15)25-19(24-16)18(27-12(2)3)13-5-7-14(8-6-13)28-20(21,22)23/h5-12,18H,4H2,1-3H3,(H,24,25). The number of imidazole rings is 1. The van der Waals surface area contributed by atoms with E-state index in [-0.39, 0.29) is 11.9 Å². The number of nitrogens with one attached hydrogen (secondary N) is 1. The molecule has 0 amide bonds. The highest BCUT2D eigenvalue weighted by molar-refractivity contribution is 5.77. The second kappa shape index (κ2) is 8.10. The fourth-order valence-corrected chi connectivity index (χ4v) is 2.80. The molecule has 5 nitrogen and oxygen atoms in total. The van der Waals surface area contributed by atoms with Crippen molar-refractivity contribution >= 4 is 11.0 Å². The minimum atomic E-state index is -4.73. The van der Waals surface area contributed by atoms with E-state index >= 15 is 0 Å². The highest BCUT2D eigenvalue weighted by Crippen LogP contribution is 2.31. The summed E-state index contributed by atoms with van der Waals surface area (Å²) in [5.74, 6) is 0.982. The van der Waals surface area contributed by atoms with Gasteiger partial charge >= 0.3 is 6.36 Å². The topological polar surface area (TPSA) is 56.4 Å². The van der Waals surface area contributed by atoms with Gasteiger partial charge in [0.25, 0.3) is 0 Å². The lowest BCUT2D eigenvalue weighted by Gasteiger charge is -2.19. The summed E-state index contributed by atoms with van der Waals surface area (Å²) in [5, 5.41) is 0. The summed E-state index contributed by atoms with van der Waals surface area (Å²) in [6.07, 6.45) is -5.42. The van der Waals surface area contributed by atoms with Crippen LogP contribution in [0.25, 0.3) is 11.0 Å². The molecule has 0 radical (unpaired) electrons. The predicted molar refractivity (Wildman–Crippen MR) is 98.5 cm³/mol. The quantitative estimate of drug-likeness (QED) is 0.585. The zero-order valence-electron chi connectivity index (χ0n) is 15.7. The van der Waals surface area contributed by atoms with Crippen molar-refractivity contribution in [1.82, 2.24) is 9.97 Å². The Morgan fingerprint density at radius 1 is 1.04 bits per heavy atom. The van der Waals surface area contributed by atoms with Crippen molar-refractivity contribution in [2.45, 2.75) is 39.3 Å². The normalized spacial score (nSPS) is 13.1. The lowest BCUT2D eigenvalue weighted by atomic mass is 10.1. The van der Waals surface area contributed by atoms with Crippen molar-refractivity contribution in [2.75, 3.05) is 6.61 Å². The Balaban J connectivity index is 1.92. The number of aromatic amines is 1. The number of alkyl halides is 3. The molecular formula is C20H21F3N2O3. The summed E-state index contributed by atoms with van der Waals surface area (Å²) < 4.78 is 52.5. The Morgan fingerprint density at radius 2 is 1.71 bits per heavy atom. The Bertz CT molecular complexity index is 921. The number of halogens is 3. The van der Waals surface area contributed by atoms with Crippen molar-refractivity contribution in [1.29, 1.82) is 0 Å². The first-order valence-electron chi connectivity index (χ1n) is 8.89. The maximum Gasteiger partial charge on any atom is 0.573 e. The summed E-state index contributed by atoms with van der Waals surface area (Å²) in [6.45, 7) is 6.21. The average Bonchev–Trinajstić information content (AvgIpc) is 3.02. The summed E-state index contributed by atoms with van der Waals surface area (Å²) in [6, 6.07) is 11.1. The van der Waals surface area contributed by atoms with E-state index in [2.05, 4.69) is 14.7 Å². The number of rotatable bonds is 7. The van der Waals surface area contributed by atoms with Gasteiger partial charge in [0.1, 0.15) is 23.4 Å². The van der Waals surface area contributed by atoms with Gasteiger partial charge in [-0.15, -0.1) is 13.2 Å². The van der Waals surface area contributed by atoms with Crippen LogP contribution in [0.3, 0.4) is 0 Å². The average molecular weight is 394 g/mol. The lowest BCUT2D eigenvalue weighted by Crippen LogP contribution is -2.17. The molecule has 0 aliphatic heterocycles. The summed E-state index contributed by atoms with van der Waals surface area (Å²) in [5.41, 5.74) is 2.19. The molecule has 2 aromatic carbocycles. The van der Waals surface area contributed by atoms with E-state index in [0.717, 1.165) is 11.0 Å². The van der Waals surface area contributed by atoms with Gasteiger partial charge in [0, 0.05) is 6.07 Å². The van der Waals surface area contributed by atoms with Crippen molar-refractivity contribution in [2.24, 2.45) is 0 Å². The highest BCUT2D eigenvalue weighted by atomic mass is 19.4. The van der Waals surface area contributed by atoms with Gasteiger partial charge in [-0.1, -0.05) is 12.1 Å². The third kappa shape index (κ3) is 4.95. The van der Waals surface area contributed by atoms with Gasteiger partial charge in [-0.25, -0.2) is 4.98 Å². The molecule has 3 rings (SSSR count). The molecule has 0 saturated heterocycles. The Hall–Kier alpha value is -2.74. The zero-order chi connectivity index (χ0) is 20.3. The van der Waals surface area contributed by atoms with Crippen molar-refractivity contribution in [3.8, 4) is 11.5 Å². The van der Waals surface area contributed by atoms with Crippen LogP contribution in [0.1, 0.15) is 38.3 Å². The fourth-order valence-electron chi connectivity index (χ4n) is 2.80. The van der Waals surface area contributed by atoms with Crippen LogP contribution in [-0.4, -0.2) is 29.0 Å². The second-order valence-electron chi connectivity index (χ2n) is 6.42. The van der Waals surface area contributed by atoms with E-state index in [1.807, 2.05) is 39.0 Å². The first-order valence-corrected chi connectivity index (χ1v) is 8.89. The molecule has 0 spiro atoms. The van der Waals surface area contributed by atoms with E-state index < -0.39 is 12.5 Å². The summed E-state index contributed by atoms with van der Waals surface area (Å²) in [4.78, 5) is 7.81. The minimum absolute atomic E-state index is 0.122. The molecule has 0 saturated carbocycles. The molecule has 0 fully saturated rings. The third-order valence-corrected chi connectivity index (χ3v) is 3.86. The van der Waals surface area contributed by atoms with Crippen LogP contribution in [0.2, 0.25) is 0 Å². The maximum absolute atomic E-state index is 12.4. The van der Waals surface area contributed by atoms with Crippen molar-refractivity contribution in [3.05, 3.63) is 53.9 Å². The molecule has 28 heavy (non-hydrogen) atoms. The van der Waals surface area contributed by atoms with Gasteiger partial charge in [0.05, 0.1) is 23.7 Å². The van der Waals surface area contributed by atoms with E-state index in [4.69, 9.17) is 9.47 Å². The van der Waals surface area contributed by atoms with E-state index in [1.54, 1.807) is 0 Å². The third-order valence-electron chi connectivity index (χ3n) is 3.86. The van der Waals surface area contributed by atoms with Gasteiger partial charge in [-0.2, -0.15) is 0 Å². The molecular weight excluding hydrogens is 373 g/mol. The summed E-state index contributed by atoms with van der Waals surface area (Å²) >= 11 is 0. The molecule has 1 N–H and O–H groups in total. The molecule has 8 heteroatoms. The highest BCUT2D eigenvalue weighted by Gasteiger charge is 2.31. The number of benzene rings is 2. The van der Waals surface area contributed by atoms with Gasteiger partial charge in [0.15, 0.2) is 0 Å². The number of hydrogen-bond donors (Lipinski definition) is 1. The molecule has 0 aliphatic carbocycles. The predicted octanol–water partition coefficient (Wildman–Crippen LogP) is 5.37. The largest absolute Gasteiger partial charge is 0.573 e. The molecule has 1 aromatic heterocycles. The number of hydrogen-bond acceptors (Lipinski definition) is 4. The van der Waals surface area contributed by atoms with Crippen LogP contribution in [0.4, 0.5) is 13.2 Å². The molecule has 0 aliphatic rings. The van der Waals surface area contributed by atoms with Crippen molar-refractivity contribution in [3.63, 3.8) is 0 Å². The Kier molecular flexibility index (Phi) is 5.79. The molecule has 0 bridgehead atoms. The Labute approximate surface area is 160 Å². The second-order valence-corrected chi connectivity index (χ2v) is 6.42. The van der Waals surface area contributed by atoms with Crippen LogP contribution < -0.4 is 9.47 Å². The van der Waals surface area contributed by atoms with E-state index in [0.29, 0.717) is 23.7 Å². The Morgan fingerprint density at radius 3 is 2.32 bits per heavy atom. The fraction of sp³-hybridized carbons (Fsp3) is 0.350. The molecule has 150 valence electrons. The number of ether oxygens (including phenoxy) is 3. The monoisotopic (exact) mass is 394 g/mol. The van der Waals surface area contributed by atoms with Gasteiger partial charge in [-0.3, -0.25) is 0 Å². The molecule has 1 heterocycles. The van der Waals surface area contributed by atoms with Crippen LogP contribution in [-0.2, 0) is 4.74 Å². The number of nitrogens with zero attached hydrogens (tertiary/aromatic N) is 1. The minimum Gasteiger partial charge on any atom is -0.494 e. The van der Waals surface area contributed by atoms with Crippen LogP contribution >= 0.6 is 0 Å². The van der Waals surface area contributed by atoms with Gasteiger partial charge < -0.3 is 19.2 Å². The van der Waals surface area contributed by atoms with E-state index in [1.165, 1.54) is 24.3 Å². The lowest BCUT2D eigenvalue weighted by molar-refractivity contribution is -0.274. The van der Waals surface area contributed by atoms with Crippen LogP contribution in [0.15, 0.2) is 42.5 Å². The van der Waals surface area contributed by atoms with Gasteiger partial charge in [-0.05, 0) is 50.6 Å². The SMILES string of the molecule is CCOc1ccc2[nH]c(C(OC(C)C)c3ccc(OC(F)(F)F)cc3)nc2c1.